The van der Waals surface area contributed by atoms with Crippen molar-refractivity contribution in [3.63, 3.8) is 0 Å². The van der Waals surface area contributed by atoms with E-state index in [1.54, 1.807) is 27.7 Å². The summed E-state index contributed by atoms with van der Waals surface area (Å²) >= 11 is 0. The van der Waals surface area contributed by atoms with Gasteiger partial charge in [0, 0.05) is 71.9 Å². The monoisotopic (exact) mass is 2150 g/mol. The van der Waals surface area contributed by atoms with Crippen molar-refractivity contribution in [2.75, 3.05) is 27.4 Å². The Labute approximate surface area is 890 Å². The van der Waals surface area contributed by atoms with Crippen LogP contribution < -0.4 is 18.8 Å². The number of nitro groups is 2. The second-order valence-corrected chi connectivity index (χ2v) is 43.1. The molecule has 4 aliphatic rings. The van der Waals surface area contributed by atoms with Gasteiger partial charge in [0.15, 0.2) is 24.2 Å². The molecule has 10 heterocycles. The molecular formula is C108H130B2N14O20P2Zn2. The summed E-state index contributed by atoms with van der Waals surface area (Å²) in [5, 5.41) is 52.7. The number of nitro benzene ring substituents is 2. The van der Waals surface area contributed by atoms with E-state index in [0.29, 0.717) is 35.5 Å². The van der Waals surface area contributed by atoms with E-state index in [-0.39, 0.29) is 75.0 Å². The van der Waals surface area contributed by atoms with Crippen molar-refractivity contribution in [3.8, 4) is 79.0 Å². The van der Waals surface area contributed by atoms with Crippen molar-refractivity contribution in [3.05, 3.63) is 318 Å². The Bertz CT molecular complexity index is 6090. The zero-order chi connectivity index (χ0) is 105. The number of nitrogens with zero attached hydrogens (tertiary/aromatic N) is 14. The number of fused-ring (bicyclic) bond motifs is 2. The molecule has 0 N–H and O–H groups in total. The van der Waals surface area contributed by atoms with Crippen molar-refractivity contribution >= 4 is 41.3 Å². The first-order chi connectivity index (χ1) is 69.2. The predicted octanol–water partition coefficient (Wildman–Crippen LogP) is 21.2. The van der Waals surface area contributed by atoms with E-state index >= 15 is 0 Å². The molecular weight excluding hydrogens is 2030 g/mol. The molecule has 40 heteroatoms. The van der Waals surface area contributed by atoms with Gasteiger partial charge < -0.3 is 93.3 Å². The molecule has 4 saturated heterocycles. The third-order valence-corrected chi connectivity index (χ3v) is 28.5. The number of non-ortho nitro benzene ring substituents is 2. The molecule has 10 atom stereocenters. The molecule has 6 aromatic heterocycles. The number of aryl methyl sites for hydroxylation is 6. The van der Waals surface area contributed by atoms with Gasteiger partial charge in [-0.25, -0.2) is 30.6 Å². The molecule has 0 amide bonds. The normalized spacial score (nSPS) is 18.8. The van der Waals surface area contributed by atoms with E-state index in [2.05, 4.69) is 334 Å². The van der Waals surface area contributed by atoms with Gasteiger partial charge in [0.05, 0.1) is 57.2 Å². The number of rotatable bonds is 32. The Morgan fingerprint density at radius 3 is 0.696 bits per heavy atom. The molecule has 0 spiro atoms. The van der Waals surface area contributed by atoms with Crippen LogP contribution in [0.5, 0.6) is 11.5 Å². The van der Waals surface area contributed by atoms with E-state index in [4.69, 9.17) is 86.6 Å². The van der Waals surface area contributed by atoms with Crippen LogP contribution in [-0.4, -0.2) is 170 Å². The van der Waals surface area contributed by atoms with Gasteiger partial charge in [0.2, 0.25) is 0 Å². The summed E-state index contributed by atoms with van der Waals surface area (Å²) in [6.07, 6.45) is -5.08. The fourth-order valence-electron chi connectivity index (χ4n) is 18.4. The maximum absolute atomic E-state index is 12.0. The summed E-state index contributed by atoms with van der Waals surface area (Å²) < 4.78 is 101. The summed E-state index contributed by atoms with van der Waals surface area (Å²) in [6, 6.07) is 74.9. The molecule has 0 radical (unpaired) electrons. The Kier molecular flexibility index (Phi) is 36.9. The maximum atomic E-state index is 12.0. The Morgan fingerprint density at radius 2 is 0.520 bits per heavy atom. The molecule has 4 fully saturated rings. The van der Waals surface area contributed by atoms with Gasteiger partial charge in [-0.05, 0) is 233 Å². The fourth-order valence-corrected chi connectivity index (χ4v) is 20.0. The van der Waals surface area contributed by atoms with Gasteiger partial charge >= 0.3 is 68.8 Å². The largest absolute Gasteiger partial charge is 2.00 e. The van der Waals surface area contributed by atoms with Crippen LogP contribution in [0.15, 0.2) is 231 Å². The van der Waals surface area contributed by atoms with Crippen LogP contribution in [0.25, 0.3) is 67.5 Å². The van der Waals surface area contributed by atoms with Crippen LogP contribution in [0.2, 0.25) is 0 Å². The predicted molar refractivity (Wildman–Crippen MR) is 559 cm³/mol. The Morgan fingerprint density at radius 1 is 0.331 bits per heavy atom. The first-order valence-corrected chi connectivity index (χ1v) is 52.3. The van der Waals surface area contributed by atoms with Gasteiger partial charge in [-0.3, -0.25) is 29.4 Å². The maximum Gasteiger partial charge on any atom is 2.00 e. The SMILES string of the molecule is CO[C@@H]1O[C@H](COP(=O)([O-])Oc2ccc([N+](=O)[O-])cc2)[C@H]2OC(C)(C)O[C@@H]12.CO[C@@H]1O[C@H](COP(=O)([O-])Oc2ccc([N+](=O)[O-])cc2)[C@H]2OC(C)(C)O[C@@H]12.Cc1cc(-c2ccc(C(C)C)cc2)nn1[BH-](n1nc(-c2ccc(C(C)C)cc2)cc1C)n1nc(-c2ccc(C(C)C)cc2)cc1C.Cc1cc(-c2ccc(C(C)C)cc2)nn1[BH-](n1nc(-c2ccc(C(C)C)cc2)cc1C)n1nc(-c2ccc(C(C)C)cc2)cc1C.[Zn+2].[Zn+2]. The number of hydrogen-bond donors (Lipinski definition) is 0. The summed E-state index contributed by atoms with van der Waals surface area (Å²) in [6.45, 7) is 45.6. The van der Waals surface area contributed by atoms with Crippen molar-refractivity contribution in [2.45, 2.75) is 249 Å². The summed E-state index contributed by atoms with van der Waals surface area (Å²) in [7, 11) is -9.82. The third kappa shape index (κ3) is 27.0. The zero-order valence-corrected chi connectivity index (χ0v) is 96.3. The third-order valence-electron chi connectivity index (χ3n) is 26.7. The first kappa shape index (κ1) is 114. The molecule has 772 valence electrons. The molecule has 8 aromatic carbocycles. The standard InChI is InChI=1S/2C39H46BN6.2C15H20NO10P.2Zn/c2*1-25(2)31-10-16-34(17-11-31)37-22-28(7)44(41-37)40(45-29(8)23-38(42-45)35-18-12-32(13-19-35)26(3)4)46-30(9)24-39(43-46)36-20-14-33(15-21-36)27(5)6;2*1-15(2)24-12-11(23-14(21-3)13(12)25-15)8-22-27(19,20)26-10-6-4-9(5-7-10)16(17)18;;/h2*10-27,40H,1-9H3;2*4-7,11-14H,8H2,1-3H3,(H,19,20);;/q2*-1;;;2*+2/p-2/t;;2*11-,12-,13-,14-;;/m..11../s1. The smallest absolute Gasteiger partial charge is 0.746 e. The number of phosphoric acid groups is 2. The average molecular weight is 2160 g/mol. The number of aromatic nitrogens is 12. The van der Waals surface area contributed by atoms with Crippen LogP contribution in [-0.2, 0) is 95.0 Å². The second-order valence-electron chi connectivity index (χ2n) is 40.4. The van der Waals surface area contributed by atoms with Crippen molar-refractivity contribution in [2.24, 2.45) is 0 Å². The van der Waals surface area contributed by atoms with E-state index in [1.165, 1.54) is 47.6 Å². The van der Waals surface area contributed by atoms with E-state index in [9.17, 15) is 39.1 Å². The number of methoxy groups -OCH3 is 2. The van der Waals surface area contributed by atoms with Crippen LogP contribution >= 0.6 is 15.6 Å². The molecule has 0 saturated carbocycles. The van der Waals surface area contributed by atoms with E-state index in [0.717, 1.165) is 150 Å². The molecule has 2 unspecified atom stereocenters. The molecule has 34 nitrogen and oxygen atoms in total. The van der Waals surface area contributed by atoms with Crippen LogP contribution in [0.1, 0.15) is 214 Å². The summed E-state index contributed by atoms with van der Waals surface area (Å²) in [4.78, 5) is 44.1. The van der Waals surface area contributed by atoms with E-state index < -0.39 is 101 Å². The number of benzene rings is 8. The minimum absolute atomic E-state index is 0. The summed E-state index contributed by atoms with van der Waals surface area (Å²) in [5.41, 5.74) is 26.3. The Balaban J connectivity index is 0.000000169. The second kappa shape index (κ2) is 48.0. The van der Waals surface area contributed by atoms with Crippen LogP contribution in [0.3, 0.4) is 0 Å². The average Bonchev–Trinajstić information content (AvgIpc) is 1.63. The number of hydrogen-bond acceptors (Lipinski definition) is 26. The number of phosphoric ester groups is 2. The molecule has 148 heavy (non-hydrogen) atoms. The first-order valence-electron chi connectivity index (χ1n) is 49.4. The van der Waals surface area contributed by atoms with Crippen molar-refractivity contribution in [1.82, 2.24) is 58.1 Å². The Hall–Kier alpha value is -11.2. The minimum Gasteiger partial charge on any atom is -0.746 e. The molecule has 0 bridgehead atoms. The summed E-state index contributed by atoms with van der Waals surface area (Å²) in [5.74, 6) is 0.978. The zero-order valence-electron chi connectivity index (χ0n) is 88.6. The topological polar surface area (TPSA) is 384 Å². The van der Waals surface area contributed by atoms with Gasteiger partial charge in [-0.2, -0.15) is 0 Å². The molecule has 4 aliphatic heterocycles. The van der Waals surface area contributed by atoms with Gasteiger partial charge in [-0.1, -0.05) is 229 Å². The molecule has 0 aliphatic carbocycles. The number of ether oxygens (including phenoxy) is 8. The fraction of sp³-hybridized carbons (Fsp3) is 0.389. The van der Waals surface area contributed by atoms with Gasteiger partial charge in [0.25, 0.3) is 11.4 Å². The quantitative estimate of drug-likeness (QED) is 0.0163. The van der Waals surface area contributed by atoms with Gasteiger partial charge in [0.1, 0.15) is 48.1 Å². The van der Waals surface area contributed by atoms with Gasteiger partial charge in [-0.15, -0.1) is 0 Å². The van der Waals surface area contributed by atoms with Crippen LogP contribution in [0, 0.1) is 61.8 Å². The molecule has 14 aromatic rings. The van der Waals surface area contributed by atoms with Crippen molar-refractivity contribution in [1.29, 1.82) is 0 Å². The van der Waals surface area contributed by atoms with Crippen molar-refractivity contribution < 1.29 is 124 Å². The minimum atomic E-state index is -4.74. The van der Waals surface area contributed by atoms with Crippen LogP contribution in [0.4, 0.5) is 11.4 Å². The van der Waals surface area contributed by atoms with E-state index in [1.807, 2.05) is 0 Å². The molecule has 18 rings (SSSR count).